The SMILES string of the molecule is CCC(CCC(C)N)NC(=O)OC(C)(C)C. The van der Waals surface area contributed by atoms with Crippen LogP contribution in [0.4, 0.5) is 4.79 Å². The summed E-state index contributed by atoms with van der Waals surface area (Å²) in [6.07, 6.45) is 2.36. The third-order valence-electron chi connectivity index (χ3n) is 2.18. The zero-order valence-corrected chi connectivity index (χ0v) is 11.2. The molecule has 4 nitrogen and oxygen atoms in total. The molecular formula is C12H26N2O2. The number of ether oxygens (including phenoxy) is 1. The van der Waals surface area contributed by atoms with Crippen molar-refractivity contribution in [3.63, 3.8) is 0 Å². The number of carbonyl (C=O) groups is 1. The lowest BCUT2D eigenvalue weighted by molar-refractivity contribution is 0.0499. The Morgan fingerprint density at radius 2 is 1.94 bits per heavy atom. The predicted octanol–water partition coefficient (Wildman–Crippen LogP) is 2.42. The number of nitrogens with two attached hydrogens (primary N) is 1. The van der Waals surface area contributed by atoms with Gasteiger partial charge in [0.1, 0.15) is 5.60 Å². The molecule has 0 aromatic rings. The molecule has 1 amide bonds. The van der Waals surface area contributed by atoms with E-state index in [-0.39, 0.29) is 18.2 Å². The number of nitrogens with one attached hydrogen (secondary N) is 1. The van der Waals surface area contributed by atoms with Crippen LogP contribution < -0.4 is 11.1 Å². The Hall–Kier alpha value is -0.770. The number of hydrogen-bond donors (Lipinski definition) is 2. The van der Waals surface area contributed by atoms with Crippen molar-refractivity contribution in [3.8, 4) is 0 Å². The van der Waals surface area contributed by atoms with Gasteiger partial charge in [0, 0.05) is 12.1 Å². The summed E-state index contributed by atoms with van der Waals surface area (Å²) in [4.78, 5) is 11.5. The second-order valence-corrected chi connectivity index (χ2v) is 5.31. The first-order valence-electron chi connectivity index (χ1n) is 5.99. The molecule has 0 saturated carbocycles. The number of rotatable bonds is 5. The van der Waals surface area contributed by atoms with Crippen molar-refractivity contribution in [2.24, 2.45) is 5.73 Å². The maximum absolute atomic E-state index is 11.5. The van der Waals surface area contributed by atoms with Crippen LogP contribution >= 0.6 is 0 Å². The molecule has 0 radical (unpaired) electrons. The van der Waals surface area contributed by atoms with Crippen molar-refractivity contribution in [1.82, 2.24) is 5.32 Å². The van der Waals surface area contributed by atoms with E-state index in [2.05, 4.69) is 5.32 Å². The van der Waals surface area contributed by atoms with Crippen molar-refractivity contribution < 1.29 is 9.53 Å². The second kappa shape index (κ2) is 6.74. The lowest BCUT2D eigenvalue weighted by Gasteiger charge is -2.23. The smallest absolute Gasteiger partial charge is 0.407 e. The van der Waals surface area contributed by atoms with Gasteiger partial charge < -0.3 is 15.8 Å². The van der Waals surface area contributed by atoms with Crippen LogP contribution in [0.3, 0.4) is 0 Å². The van der Waals surface area contributed by atoms with Gasteiger partial charge in [-0.1, -0.05) is 6.92 Å². The summed E-state index contributed by atoms with van der Waals surface area (Å²) >= 11 is 0. The van der Waals surface area contributed by atoms with E-state index in [4.69, 9.17) is 10.5 Å². The Kier molecular flexibility index (Phi) is 6.41. The number of carbonyl (C=O) groups excluding carboxylic acids is 1. The van der Waals surface area contributed by atoms with Gasteiger partial charge in [-0.15, -0.1) is 0 Å². The molecule has 96 valence electrons. The van der Waals surface area contributed by atoms with Gasteiger partial charge in [-0.3, -0.25) is 0 Å². The monoisotopic (exact) mass is 230 g/mol. The molecule has 0 aromatic heterocycles. The summed E-state index contributed by atoms with van der Waals surface area (Å²) < 4.78 is 5.20. The Morgan fingerprint density at radius 1 is 1.38 bits per heavy atom. The van der Waals surface area contributed by atoms with Gasteiger partial charge in [0.15, 0.2) is 0 Å². The fourth-order valence-corrected chi connectivity index (χ4v) is 1.32. The molecule has 0 heterocycles. The van der Waals surface area contributed by atoms with Gasteiger partial charge in [0.2, 0.25) is 0 Å². The van der Waals surface area contributed by atoms with Crippen LogP contribution in [0.15, 0.2) is 0 Å². The first-order chi connectivity index (χ1) is 7.24. The average molecular weight is 230 g/mol. The van der Waals surface area contributed by atoms with Crippen LogP contribution in [-0.4, -0.2) is 23.8 Å². The molecule has 0 fully saturated rings. The molecule has 16 heavy (non-hydrogen) atoms. The maximum Gasteiger partial charge on any atom is 0.407 e. The normalized spacial score (nSPS) is 15.4. The first-order valence-corrected chi connectivity index (χ1v) is 5.99. The van der Waals surface area contributed by atoms with E-state index < -0.39 is 5.60 Å². The molecule has 0 aliphatic heterocycles. The highest BCUT2D eigenvalue weighted by molar-refractivity contribution is 5.68. The predicted molar refractivity (Wildman–Crippen MR) is 66.3 cm³/mol. The zero-order valence-electron chi connectivity index (χ0n) is 11.2. The molecule has 0 rings (SSSR count). The third-order valence-corrected chi connectivity index (χ3v) is 2.18. The van der Waals surface area contributed by atoms with E-state index >= 15 is 0 Å². The van der Waals surface area contributed by atoms with Crippen molar-refractivity contribution >= 4 is 6.09 Å². The quantitative estimate of drug-likeness (QED) is 0.762. The third kappa shape index (κ3) is 8.53. The van der Waals surface area contributed by atoms with E-state index in [1.54, 1.807) is 0 Å². The van der Waals surface area contributed by atoms with Gasteiger partial charge in [0.05, 0.1) is 0 Å². The molecule has 0 aromatic carbocycles. The Morgan fingerprint density at radius 3 is 2.31 bits per heavy atom. The molecule has 2 unspecified atom stereocenters. The summed E-state index contributed by atoms with van der Waals surface area (Å²) in [6.45, 7) is 9.59. The highest BCUT2D eigenvalue weighted by Gasteiger charge is 2.18. The highest BCUT2D eigenvalue weighted by atomic mass is 16.6. The molecule has 3 N–H and O–H groups in total. The second-order valence-electron chi connectivity index (χ2n) is 5.31. The summed E-state index contributed by atoms with van der Waals surface area (Å²) in [5, 5.41) is 2.86. The molecule has 0 spiro atoms. The first kappa shape index (κ1) is 15.2. The number of alkyl carbamates (subject to hydrolysis) is 1. The summed E-state index contributed by atoms with van der Waals surface area (Å²) in [5.41, 5.74) is 5.24. The van der Waals surface area contributed by atoms with Crippen LogP contribution in [0.5, 0.6) is 0 Å². The molecular weight excluding hydrogens is 204 g/mol. The van der Waals surface area contributed by atoms with Crippen molar-refractivity contribution in [2.75, 3.05) is 0 Å². The summed E-state index contributed by atoms with van der Waals surface area (Å²) in [5.74, 6) is 0. The lowest BCUT2D eigenvalue weighted by atomic mass is 10.1. The van der Waals surface area contributed by atoms with Crippen molar-refractivity contribution in [3.05, 3.63) is 0 Å². The standard InChI is InChI=1S/C12H26N2O2/c1-6-10(8-7-9(2)13)14-11(15)16-12(3,4)5/h9-10H,6-8,13H2,1-5H3,(H,14,15). The Balaban J connectivity index is 3.97. The highest BCUT2D eigenvalue weighted by Crippen LogP contribution is 2.09. The van der Waals surface area contributed by atoms with Crippen molar-refractivity contribution in [2.45, 2.75) is 71.6 Å². The van der Waals surface area contributed by atoms with Crippen molar-refractivity contribution in [1.29, 1.82) is 0 Å². The lowest BCUT2D eigenvalue weighted by Crippen LogP contribution is -2.39. The fourth-order valence-electron chi connectivity index (χ4n) is 1.32. The van der Waals surface area contributed by atoms with Gasteiger partial charge in [-0.25, -0.2) is 4.79 Å². The largest absolute Gasteiger partial charge is 0.444 e. The minimum Gasteiger partial charge on any atom is -0.444 e. The molecule has 4 heteroatoms. The van der Waals surface area contributed by atoms with Crippen LogP contribution in [0.2, 0.25) is 0 Å². The Bertz CT molecular complexity index is 210. The molecule has 0 aliphatic rings. The summed E-state index contributed by atoms with van der Waals surface area (Å²) in [7, 11) is 0. The topological polar surface area (TPSA) is 64.3 Å². The van der Waals surface area contributed by atoms with Crippen LogP contribution in [0.1, 0.15) is 53.9 Å². The van der Waals surface area contributed by atoms with Gasteiger partial charge in [0.25, 0.3) is 0 Å². The van der Waals surface area contributed by atoms with E-state index in [0.717, 1.165) is 19.3 Å². The fraction of sp³-hybridized carbons (Fsp3) is 0.917. The maximum atomic E-state index is 11.5. The summed E-state index contributed by atoms with van der Waals surface area (Å²) in [6, 6.07) is 0.329. The van der Waals surface area contributed by atoms with Crippen LogP contribution in [0, 0.1) is 0 Å². The van der Waals surface area contributed by atoms with E-state index in [0.29, 0.717) is 0 Å². The Labute approximate surface area is 98.9 Å². The van der Waals surface area contributed by atoms with Gasteiger partial charge in [-0.05, 0) is 47.0 Å². The van der Waals surface area contributed by atoms with E-state index in [9.17, 15) is 4.79 Å². The van der Waals surface area contributed by atoms with Gasteiger partial charge >= 0.3 is 6.09 Å². The zero-order chi connectivity index (χ0) is 12.8. The minimum atomic E-state index is -0.441. The average Bonchev–Trinajstić information content (AvgIpc) is 2.08. The van der Waals surface area contributed by atoms with E-state index in [1.165, 1.54) is 0 Å². The minimum absolute atomic E-state index is 0.154. The molecule has 2 atom stereocenters. The van der Waals surface area contributed by atoms with Crippen LogP contribution in [-0.2, 0) is 4.74 Å². The molecule has 0 saturated heterocycles. The van der Waals surface area contributed by atoms with E-state index in [1.807, 2.05) is 34.6 Å². The van der Waals surface area contributed by atoms with Crippen LogP contribution in [0.25, 0.3) is 0 Å². The van der Waals surface area contributed by atoms with Gasteiger partial charge in [-0.2, -0.15) is 0 Å². The number of hydrogen-bond acceptors (Lipinski definition) is 3. The number of amides is 1. The molecule has 0 bridgehead atoms. The molecule has 0 aliphatic carbocycles.